The van der Waals surface area contributed by atoms with Crippen molar-refractivity contribution in [3.05, 3.63) is 17.5 Å². The SMILES string of the molecule is CCCCNC(=O)c1cn(C)nc1C(=O)O. The number of nitrogens with one attached hydrogen (secondary N) is 1. The molecule has 0 fully saturated rings. The van der Waals surface area contributed by atoms with Crippen LogP contribution >= 0.6 is 0 Å². The zero-order valence-electron chi connectivity index (χ0n) is 9.36. The van der Waals surface area contributed by atoms with Gasteiger partial charge in [-0.15, -0.1) is 0 Å². The highest BCUT2D eigenvalue weighted by Gasteiger charge is 2.20. The van der Waals surface area contributed by atoms with Crippen molar-refractivity contribution in [2.24, 2.45) is 7.05 Å². The van der Waals surface area contributed by atoms with Crippen molar-refractivity contribution in [2.75, 3.05) is 6.54 Å². The maximum Gasteiger partial charge on any atom is 0.357 e. The summed E-state index contributed by atoms with van der Waals surface area (Å²) < 4.78 is 1.32. The summed E-state index contributed by atoms with van der Waals surface area (Å²) in [6.07, 6.45) is 3.25. The molecule has 1 amide bonds. The van der Waals surface area contributed by atoms with Crippen molar-refractivity contribution >= 4 is 11.9 Å². The number of aromatic nitrogens is 2. The van der Waals surface area contributed by atoms with Crippen LogP contribution in [0, 0.1) is 0 Å². The van der Waals surface area contributed by atoms with Crippen LogP contribution in [0.15, 0.2) is 6.20 Å². The molecule has 1 aromatic heterocycles. The summed E-state index contributed by atoms with van der Waals surface area (Å²) >= 11 is 0. The van der Waals surface area contributed by atoms with Gasteiger partial charge in [0, 0.05) is 19.8 Å². The Balaban J connectivity index is 2.78. The molecule has 0 aromatic carbocycles. The molecule has 1 rings (SSSR count). The van der Waals surface area contributed by atoms with Gasteiger partial charge in [-0.3, -0.25) is 9.48 Å². The van der Waals surface area contributed by atoms with E-state index < -0.39 is 5.97 Å². The Kier molecular flexibility index (Phi) is 4.04. The Hall–Kier alpha value is -1.85. The zero-order chi connectivity index (χ0) is 12.1. The molecule has 0 saturated carbocycles. The van der Waals surface area contributed by atoms with Crippen LogP contribution in [-0.4, -0.2) is 33.3 Å². The van der Waals surface area contributed by atoms with Crippen molar-refractivity contribution in [1.29, 1.82) is 0 Å². The van der Waals surface area contributed by atoms with E-state index in [1.54, 1.807) is 7.05 Å². The van der Waals surface area contributed by atoms with E-state index in [1.165, 1.54) is 10.9 Å². The van der Waals surface area contributed by atoms with Gasteiger partial charge < -0.3 is 10.4 Å². The van der Waals surface area contributed by atoms with Crippen LogP contribution in [0.2, 0.25) is 0 Å². The summed E-state index contributed by atoms with van der Waals surface area (Å²) in [5.41, 5.74) is -0.109. The number of amides is 1. The number of hydrogen-bond donors (Lipinski definition) is 2. The molecule has 0 radical (unpaired) electrons. The molecule has 0 aliphatic heterocycles. The summed E-state index contributed by atoms with van der Waals surface area (Å²) in [7, 11) is 1.58. The molecule has 2 N–H and O–H groups in total. The second-order valence-corrected chi connectivity index (χ2v) is 3.48. The van der Waals surface area contributed by atoms with E-state index in [9.17, 15) is 9.59 Å². The number of carboxylic acid groups (broad SMARTS) is 1. The highest BCUT2D eigenvalue weighted by atomic mass is 16.4. The molecule has 6 nitrogen and oxygen atoms in total. The number of rotatable bonds is 5. The van der Waals surface area contributed by atoms with Crippen LogP contribution in [0.1, 0.15) is 40.6 Å². The van der Waals surface area contributed by atoms with Crippen molar-refractivity contribution in [3.63, 3.8) is 0 Å². The number of aromatic carboxylic acids is 1. The van der Waals surface area contributed by atoms with Gasteiger partial charge in [0.2, 0.25) is 0 Å². The molecule has 0 atom stereocenters. The minimum Gasteiger partial charge on any atom is -0.476 e. The topological polar surface area (TPSA) is 84.2 Å². The number of carbonyl (C=O) groups is 2. The zero-order valence-corrected chi connectivity index (χ0v) is 9.36. The van der Waals surface area contributed by atoms with Gasteiger partial charge in [0.25, 0.3) is 5.91 Å². The number of hydrogen-bond acceptors (Lipinski definition) is 3. The monoisotopic (exact) mass is 225 g/mol. The average Bonchev–Trinajstić information content (AvgIpc) is 2.61. The van der Waals surface area contributed by atoms with Crippen molar-refractivity contribution in [2.45, 2.75) is 19.8 Å². The average molecular weight is 225 g/mol. The lowest BCUT2D eigenvalue weighted by molar-refractivity contribution is 0.0684. The van der Waals surface area contributed by atoms with E-state index in [-0.39, 0.29) is 17.2 Å². The standard InChI is InChI=1S/C10H15N3O3/c1-3-4-5-11-9(14)7-6-13(2)12-8(7)10(15)16/h6H,3-5H2,1-2H3,(H,11,14)(H,15,16). The molecule has 1 heterocycles. The molecule has 0 bridgehead atoms. The molecule has 16 heavy (non-hydrogen) atoms. The Morgan fingerprint density at radius 3 is 2.81 bits per heavy atom. The van der Waals surface area contributed by atoms with Gasteiger partial charge in [-0.1, -0.05) is 13.3 Å². The van der Waals surface area contributed by atoms with Gasteiger partial charge in [-0.25, -0.2) is 4.79 Å². The first kappa shape index (κ1) is 12.2. The van der Waals surface area contributed by atoms with E-state index in [1.807, 2.05) is 6.92 Å². The summed E-state index contributed by atoms with van der Waals surface area (Å²) in [6, 6.07) is 0. The highest BCUT2D eigenvalue weighted by molar-refractivity contribution is 6.03. The summed E-state index contributed by atoms with van der Waals surface area (Å²) in [4.78, 5) is 22.4. The van der Waals surface area contributed by atoms with Gasteiger partial charge >= 0.3 is 5.97 Å². The Morgan fingerprint density at radius 2 is 2.25 bits per heavy atom. The largest absolute Gasteiger partial charge is 0.476 e. The fourth-order valence-corrected chi connectivity index (χ4v) is 1.29. The normalized spacial score (nSPS) is 10.1. The molecule has 0 unspecified atom stereocenters. The fraction of sp³-hybridized carbons (Fsp3) is 0.500. The predicted molar refractivity (Wildman–Crippen MR) is 57.4 cm³/mol. The second-order valence-electron chi connectivity index (χ2n) is 3.48. The smallest absolute Gasteiger partial charge is 0.357 e. The fourth-order valence-electron chi connectivity index (χ4n) is 1.29. The van der Waals surface area contributed by atoms with Crippen LogP contribution in [0.5, 0.6) is 0 Å². The van der Waals surface area contributed by atoms with Crippen LogP contribution in [-0.2, 0) is 7.05 Å². The van der Waals surface area contributed by atoms with Crippen molar-refractivity contribution < 1.29 is 14.7 Å². The minimum atomic E-state index is -1.19. The van der Waals surface area contributed by atoms with Crippen LogP contribution in [0.4, 0.5) is 0 Å². The van der Waals surface area contributed by atoms with E-state index >= 15 is 0 Å². The third-order valence-corrected chi connectivity index (χ3v) is 2.09. The number of unbranched alkanes of at least 4 members (excludes halogenated alkanes) is 1. The summed E-state index contributed by atoms with van der Waals surface area (Å²) in [5.74, 6) is -1.58. The van der Waals surface area contributed by atoms with Gasteiger partial charge in [-0.2, -0.15) is 5.10 Å². The van der Waals surface area contributed by atoms with Crippen molar-refractivity contribution in [1.82, 2.24) is 15.1 Å². The Morgan fingerprint density at radius 1 is 1.56 bits per heavy atom. The summed E-state index contributed by atoms with van der Waals surface area (Å²) in [5, 5.41) is 15.2. The van der Waals surface area contributed by atoms with Gasteiger partial charge in [0.15, 0.2) is 5.69 Å². The van der Waals surface area contributed by atoms with Gasteiger partial charge in [0.05, 0.1) is 5.56 Å². The Labute approximate surface area is 93.3 Å². The molecule has 6 heteroatoms. The lowest BCUT2D eigenvalue weighted by atomic mass is 10.2. The molecule has 0 saturated heterocycles. The predicted octanol–water partition coefficient (Wildman–Crippen LogP) is 0.648. The number of carbonyl (C=O) groups excluding carboxylic acids is 1. The molecular weight excluding hydrogens is 210 g/mol. The first-order valence-electron chi connectivity index (χ1n) is 5.11. The third kappa shape index (κ3) is 2.82. The number of nitrogens with zero attached hydrogens (tertiary/aromatic N) is 2. The van der Waals surface area contributed by atoms with E-state index in [2.05, 4.69) is 10.4 Å². The second kappa shape index (κ2) is 5.29. The number of carboxylic acids is 1. The van der Waals surface area contributed by atoms with E-state index in [0.29, 0.717) is 6.54 Å². The Bertz CT molecular complexity index is 398. The molecule has 1 aromatic rings. The molecule has 88 valence electrons. The number of aryl methyl sites for hydroxylation is 1. The quantitative estimate of drug-likeness (QED) is 0.720. The van der Waals surface area contributed by atoms with Gasteiger partial charge in [0.1, 0.15) is 0 Å². The lowest BCUT2D eigenvalue weighted by Crippen LogP contribution is -2.25. The lowest BCUT2D eigenvalue weighted by Gasteiger charge is -2.02. The summed E-state index contributed by atoms with van der Waals surface area (Å²) in [6.45, 7) is 2.56. The van der Waals surface area contributed by atoms with Crippen LogP contribution in [0.3, 0.4) is 0 Å². The van der Waals surface area contributed by atoms with Crippen LogP contribution < -0.4 is 5.32 Å². The van der Waals surface area contributed by atoms with Crippen molar-refractivity contribution in [3.8, 4) is 0 Å². The molecular formula is C10H15N3O3. The van der Waals surface area contributed by atoms with E-state index in [4.69, 9.17) is 5.11 Å². The first-order valence-corrected chi connectivity index (χ1v) is 5.11. The molecule has 0 aliphatic carbocycles. The minimum absolute atomic E-state index is 0.103. The third-order valence-electron chi connectivity index (χ3n) is 2.09. The highest BCUT2D eigenvalue weighted by Crippen LogP contribution is 2.06. The van der Waals surface area contributed by atoms with Gasteiger partial charge in [-0.05, 0) is 6.42 Å². The van der Waals surface area contributed by atoms with E-state index in [0.717, 1.165) is 12.8 Å². The van der Waals surface area contributed by atoms with Crippen LogP contribution in [0.25, 0.3) is 0 Å². The molecule has 0 aliphatic rings. The maximum absolute atomic E-state index is 11.6. The maximum atomic E-state index is 11.6. The first-order chi connectivity index (χ1) is 7.56. The molecule has 0 spiro atoms.